The summed E-state index contributed by atoms with van der Waals surface area (Å²) in [6.45, 7) is 0. The van der Waals surface area contributed by atoms with Gasteiger partial charge in [-0.25, -0.2) is 0 Å². The quantitative estimate of drug-likeness (QED) is 0.585. The molecular weight excluding hydrogens is 344 g/mol. The van der Waals surface area contributed by atoms with E-state index in [2.05, 4.69) is 0 Å². The average Bonchev–Trinajstić information content (AvgIpc) is 2.65. The highest BCUT2D eigenvalue weighted by Crippen LogP contribution is 2.36. The van der Waals surface area contributed by atoms with Crippen LogP contribution in [0.15, 0.2) is 54.6 Å². The predicted octanol–water partition coefficient (Wildman–Crippen LogP) is 6.24. The summed E-state index contributed by atoms with van der Waals surface area (Å²) < 4.78 is 0. The summed E-state index contributed by atoms with van der Waals surface area (Å²) in [4.78, 5) is 25.7. The van der Waals surface area contributed by atoms with E-state index in [4.69, 9.17) is 11.6 Å². The lowest BCUT2D eigenvalue weighted by Gasteiger charge is -2.28. The zero-order valence-corrected chi connectivity index (χ0v) is 15.8. The van der Waals surface area contributed by atoms with Gasteiger partial charge in [0, 0.05) is 35.3 Å². The van der Waals surface area contributed by atoms with E-state index in [1.807, 2.05) is 54.6 Å². The van der Waals surface area contributed by atoms with Crippen molar-refractivity contribution < 1.29 is 9.59 Å². The van der Waals surface area contributed by atoms with Crippen molar-refractivity contribution in [3.05, 3.63) is 70.7 Å². The topological polar surface area (TPSA) is 34.1 Å². The molecule has 136 valence electrons. The molecule has 0 aliphatic heterocycles. The molecule has 1 aliphatic rings. The lowest BCUT2D eigenvalue weighted by atomic mass is 9.75. The number of carbonyl (C=O) groups excluding carboxylic acids is 2. The number of rotatable bonds is 5. The molecular formula is C23H25ClO2. The number of hydrogen-bond acceptors (Lipinski definition) is 2. The molecule has 1 saturated carbocycles. The third-order valence-electron chi connectivity index (χ3n) is 5.39. The van der Waals surface area contributed by atoms with Crippen LogP contribution >= 0.6 is 11.6 Å². The second kappa shape index (κ2) is 9.14. The minimum absolute atomic E-state index is 0.0782. The fourth-order valence-electron chi connectivity index (χ4n) is 3.93. The highest BCUT2D eigenvalue weighted by Gasteiger charge is 2.31. The lowest BCUT2D eigenvalue weighted by Crippen LogP contribution is -2.26. The molecule has 0 saturated heterocycles. The van der Waals surface area contributed by atoms with E-state index in [1.54, 1.807) is 0 Å². The van der Waals surface area contributed by atoms with Gasteiger partial charge in [-0.2, -0.15) is 0 Å². The van der Waals surface area contributed by atoms with Crippen LogP contribution in [0.2, 0.25) is 5.02 Å². The number of Topliss-reactive ketones (excluding diaryl/α,β-unsaturated/α-hetero) is 2. The second-order valence-electron chi connectivity index (χ2n) is 7.18. The van der Waals surface area contributed by atoms with Crippen LogP contribution in [0.1, 0.15) is 66.8 Å². The molecule has 26 heavy (non-hydrogen) atoms. The first kappa shape index (κ1) is 18.8. The van der Waals surface area contributed by atoms with Gasteiger partial charge in [-0.15, -0.1) is 0 Å². The molecule has 1 aliphatic carbocycles. The van der Waals surface area contributed by atoms with Crippen LogP contribution in [0.3, 0.4) is 0 Å². The van der Waals surface area contributed by atoms with Gasteiger partial charge in [0.05, 0.1) is 0 Å². The number of carbonyl (C=O) groups is 2. The normalized spacial score (nSPS) is 19.4. The summed E-state index contributed by atoms with van der Waals surface area (Å²) in [6, 6.07) is 17.0. The highest BCUT2D eigenvalue weighted by molar-refractivity contribution is 6.30. The van der Waals surface area contributed by atoms with Gasteiger partial charge in [0.1, 0.15) is 5.78 Å². The van der Waals surface area contributed by atoms with Crippen LogP contribution in [0.5, 0.6) is 0 Å². The Hall–Kier alpha value is -1.93. The van der Waals surface area contributed by atoms with Gasteiger partial charge < -0.3 is 0 Å². The molecule has 0 amide bonds. The van der Waals surface area contributed by atoms with Crippen molar-refractivity contribution in [2.45, 2.75) is 50.9 Å². The van der Waals surface area contributed by atoms with Gasteiger partial charge in [-0.05, 0) is 30.5 Å². The fraction of sp³-hybridized carbons (Fsp3) is 0.391. The maximum absolute atomic E-state index is 12.9. The van der Waals surface area contributed by atoms with E-state index in [1.165, 1.54) is 6.42 Å². The van der Waals surface area contributed by atoms with Gasteiger partial charge in [0.25, 0.3) is 0 Å². The standard InChI is InChI=1S/C23H25ClO2/c24-19-14-12-17(13-15-19)21(16-23(26)18-8-4-3-5-9-18)20-10-6-1-2-7-11-22(20)25/h3-5,8-9,12-15,20-21H,1-2,6-7,10-11,16H2/t20-,21-/m1/s1. The van der Waals surface area contributed by atoms with Crippen molar-refractivity contribution in [1.82, 2.24) is 0 Å². The minimum atomic E-state index is -0.0795. The van der Waals surface area contributed by atoms with Crippen LogP contribution in [0.4, 0.5) is 0 Å². The molecule has 3 rings (SSSR count). The Morgan fingerprint density at radius 2 is 1.65 bits per heavy atom. The number of hydrogen-bond donors (Lipinski definition) is 0. The van der Waals surface area contributed by atoms with Crippen molar-refractivity contribution in [2.75, 3.05) is 0 Å². The summed E-state index contributed by atoms with van der Waals surface area (Å²) in [6.07, 6.45) is 6.19. The highest BCUT2D eigenvalue weighted by atomic mass is 35.5. The molecule has 0 unspecified atom stereocenters. The molecule has 0 heterocycles. The van der Waals surface area contributed by atoms with Crippen LogP contribution in [0, 0.1) is 5.92 Å². The van der Waals surface area contributed by atoms with Gasteiger partial charge in [-0.3, -0.25) is 9.59 Å². The van der Waals surface area contributed by atoms with Gasteiger partial charge >= 0.3 is 0 Å². The van der Waals surface area contributed by atoms with Crippen LogP contribution in [-0.4, -0.2) is 11.6 Å². The van der Waals surface area contributed by atoms with E-state index in [-0.39, 0.29) is 17.6 Å². The van der Waals surface area contributed by atoms with E-state index in [0.717, 1.165) is 31.2 Å². The zero-order valence-electron chi connectivity index (χ0n) is 15.0. The molecule has 3 heteroatoms. The molecule has 0 aromatic heterocycles. The third-order valence-corrected chi connectivity index (χ3v) is 5.64. The van der Waals surface area contributed by atoms with Crippen LogP contribution < -0.4 is 0 Å². The Morgan fingerprint density at radius 3 is 2.38 bits per heavy atom. The Bertz CT molecular complexity index is 737. The molecule has 0 bridgehead atoms. The first-order valence-electron chi connectivity index (χ1n) is 9.51. The Balaban J connectivity index is 1.89. The first-order chi connectivity index (χ1) is 12.6. The SMILES string of the molecule is O=C(C[C@H](c1ccc(Cl)cc1)[C@H]1CCCCCCC1=O)c1ccccc1. The molecule has 2 atom stereocenters. The molecule has 1 fully saturated rings. The maximum atomic E-state index is 12.9. The fourth-order valence-corrected chi connectivity index (χ4v) is 4.06. The van der Waals surface area contributed by atoms with Crippen molar-refractivity contribution in [3.8, 4) is 0 Å². The summed E-state index contributed by atoms with van der Waals surface area (Å²) >= 11 is 6.05. The molecule has 2 aromatic carbocycles. The van der Waals surface area contributed by atoms with E-state index < -0.39 is 0 Å². The van der Waals surface area contributed by atoms with Crippen LogP contribution in [-0.2, 0) is 4.79 Å². The smallest absolute Gasteiger partial charge is 0.163 e. The predicted molar refractivity (Wildman–Crippen MR) is 106 cm³/mol. The number of ketones is 2. The molecule has 0 N–H and O–H groups in total. The van der Waals surface area contributed by atoms with E-state index in [0.29, 0.717) is 29.2 Å². The third kappa shape index (κ3) is 4.82. The summed E-state index contributed by atoms with van der Waals surface area (Å²) in [5.41, 5.74) is 1.75. The first-order valence-corrected chi connectivity index (χ1v) is 9.89. The van der Waals surface area contributed by atoms with E-state index >= 15 is 0 Å². The number of benzene rings is 2. The molecule has 2 nitrogen and oxygen atoms in total. The molecule has 0 radical (unpaired) electrons. The Kier molecular flexibility index (Phi) is 6.62. The second-order valence-corrected chi connectivity index (χ2v) is 7.61. The van der Waals surface area contributed by atoms with E-state index in [9.17, 15) is 9.59 Å². The lowest BCUT2D eigenvalue weighted by molar-refractivity contribution is -0.124. The Labute approximate surface area is 160 Å². The summed E-state index contributed by atoms with van der Waals surface area (Å²) in [5.74, 6) is 0.251. The van der Waals surface area contributed by atoms with Crippen LogP contribution in [0.25, 0.3) is 0 Å². The van der Waals surface area contributed by atoms with Gasteiger partial charge in [-0.1, -0.05) is 73.3 Å². The molecule has 2 aromatic rings. The Morgan fingerprint density at radius 1 is 0.962 bits per heavy atom. The summed E-state index contributed by atoms with van der Waals surface area (Å²) in [7, 11) is 0. The number of halogens is 1. The van der Waals surface area contributed by atoms with Crippen molar-refractivity contribution in [2.24, 2.45) is 5.92 Å². The van der Waals surface area contributed by atoms with Crippen molar-refractivity contribution >= 4 is 23.2 Å². The zero-order chi connectivity index (χ0) is 18.4. The monoisotopic (exact) mass is 368 g/mol. The average molecular weight is 369 g/mol. The minimum Gasteiger partial charge on any atom is -0.299 e. The maximum Gasteiger partial charge on any atom is 0.163 e. The van der Waals surface area contributed by atoms with Gasteiger partial charge in [0.2, 0.25) is 0 Å². The largest absolute Gasteiger partial charge is 0.299 e. The van der Waals surface area contributed by atoms with Crippen molar-refractivity contribution in [1.29, 1.82) is 0 Å². The molecule has 0 spiro atoms. The summed E-state index contributed by atoms with van der Waals surface area (Å²) in [5, 5.41) is 0.672. The van der Waals surface area contributed by atoms with Gasteiger partial charge in [0.15, 0.2) is 5.78 Å². The van der Waals surface area contributed by atoms with Crippen molar-refractivity contribution in [3.63, 3.8) is 0 Å².